The zero-order valence-electron chi connectivity index (χ0n) is 16.8. The minimum atomic E-state index is -4.92. The van der Waals surface area contributed by atoms with Crippen LogP contribution in [0, 0.1) is 0 Å². The fourth-order valence-electron chi connectivity index (χ4n) is 4.04. The number of anilines is 1. The Labute approximate surface area is 182 Å². The molecular weight excluding hydrogens is 449 g/mol. The molecule has 4 rings (SSSR count). The maximum Gasteiger partial charge on any atom is 0.417 e. The van der Waals surface area contributed by atoms with Crippen LogP contribution in [-0.4, -0.2) is 32.7 Å². The molecule has 0 atom stereocenters. The number of nitrogens with zero attached hydrogens (tertiary/aromatic N) is 1. The van der Waals surface area contributed by atoms with Gasteiger partial charge in [0.15, 0.2) is 0 Å². The van der Waals surface area contributed by atoms with E-state index >= 15 is 0 Å². The van der Waals surface area contributed by atoms with Gasteiger partial charge < -0.3 is 10.0 Å². The van der Waals surface area contributed by atoms with E-state index in [0.29, 0.717) is 31.5 Å². The number of hydrazine groups is 3. The second-order valence-electron chi connectivity index (χ2n) is 7.68. The van der Waals surface area contributed by atoms with Crippen LogP contribution in [0.2, 0.25) is 0 Å². The van der Waals surface area contributed by atoms with Gasteiger partial charge in [0.25, 0.3) is 0 Å². The number of hydrogen-bond acceptors (Lipinski definition) is 8. The quantitative estimate of drug-likeness (QED) is 0.390. The third-order valence-corrected chi connectivity index (χ3v) is 6.59. The number of rotatable bonds is 4. The molecule has 7 N–H and O–H groups in total. The van der Waals surface area contributed by atoms with Crippen molar-refractivity contribution >= 4 is 15.7 Å². The van der Waals surface area contributed by atoms with Gasteiger partial charge in [0.2, 0.25) is 10.0 Å². The summed E-state index contributed by atoms with van der Waals surface area (Å²) in [6.07, 6.45) is -4.94. The molecular formula is C19H23F3N6O3S. The predicted octanol–water partition coefficient (Wildman–Crippen LogP) is 1.10. The molecule has 0 amide bonds. The summed E-state index contributed by atoms with van der Waals surface area (Å²) in [4.78, 5) is 1.11. The molecule has 2 aliphatic rings. The molecule has 2 aromatic carbocycles. The van der Waals surface area contributed by atoms with Crippen LogP contribution in [0.4, 0.5) is 18.9 Å². The average Bonchev–Trinajstić information content (AvgIpc) is 3.27. The van der Waals surface area contributed by atoms with E-state index in [1.54, 1.807) is 12.1 Å². The normalized spacial score (nSPS) is 19.0. The SMILES string of the molecule is NS(=O)(=O)c1c(C(F)(F)F)ccc(-c2ccc(N3CCC(O)CC3)cc2)c1C1NNNN1. The van der Waals surface area contributed by atoms with Crippen molar-refractivity contribution in [2.45, 2.75) is 36.2 Å². The first-order valence-corrected chi connectivity index (χ1v) is 11.4. The van der Waals surface area contributed by atoms with E-state index < -0.39 is 32.8 Å². The standard InChI is InChI=1S/C19H23F3N6O3S/c20-19(21,22)15-6-5-14(16(17(15)32(23,30)31)18-24-26-27-25-18)11-1-3-12(4-2-11)28-9-7-13(29)8-10-28/h1-6,13,18,24-27,29H,7-10H2,(H2,23,30,31). The molecule has 2 saturated heterocycles. The van der Waals surface area contributed by atoms with Gasteiger partial charge in [-0.1, -0.05) is 18.2 Å². The zero-order chi connectivity index (χ0) is 23.1. The number of nitrogens with one attached hydrogen (secondary N) is 4. The van der Waals surface area contributed by atoms with Gasteiger partial charge >= 0.3 is 6.18 Å². The minimum Gasteiger partial charge on any atom is -0.393 e. The molecule has 2 fully saturated rings. The number of nitrogens with two attached hydrogens (primary N) is 1. The topological polar surface area (TPSA) is 132 Å². The van der Waals surface area contributed by atoms with Crippen molar-refractivity contribution in [3.63, 3.8) is 0 Å². The summed E-state index contributed by atoms with van der Waals surface area (Å²) in [5, 5.41) is 14.9. The van der Waals surface area contributed by atoms with Crippen molar-refractivity contribution in [2.24, 2.45) is 5.14 Å². The summed E-state index contributed by atoms with van der Waals surface area (Å²) in [5.41, 5.74) is 10.5. The van der Waals surface area contributed by atoms with Crippen LogP contribution in [-0.2, 0) is 16.2 Å². The third-order valence-electron chi connectivity index (χ3n) is 5.58. The Morgan fingerprint density at radius 1 is 1.00 bits per heavy atom. The number of alkyl halides is 3. The number of hydrogen-bond donors (Lipinski definition) is 6. The maximum absolute atomic E-state index is 13.7. The summed E-state index contributed by atoms with van der Waals surface area (Å²) < 4.78 is 65.6. The Hall–Kier alpha value is -2.26. The van der Waals surface area contributed by atoms with Crippen LogP contribution in [0.5, 0.6) is 0 Å². The predicted molar refractivity (Wildman–Crippen MR) is 111 cm³/mol. The highest BCUT2D eigenvalue weighted by Gasteiger charge is 2.40. The Morgan fingerprint density at radius 3 is 2.12 bits per heavy atom. The minimum absolute atomic E-state index is 0.159. The number of benzene rings is 2. The van der Waals surface area contributed by atoms with Crippen LogP contribution in [0.25, 0.3) is 11.1 Å². The molecule has 9 nitrogen and oxygen atoms in total. The Bertz CT molecular complexity index is 1080. The number of sulfonamides is 1. The van der Waals surface area contributed by atoms with Gasteiger partial charge in [0.05, 0.1) is 11.7 Å². The molecule has 174 valence electrons. The van der Waals surface area contributed by atoms with Crippen LogP contribution < -0.4 is 32.0 Å². The van der Waals surface area contributed by atoms with Crippen molar-refractivity contribution in [3.8, 4) is 11.1 Å². The highest BCUT2D eigenvalue weighted by atomic mass is 32.2. The highest BCUT2D eigenvalue weighted by molar-refractivity contribution is 7.89. The van der Waals surface area contributed by atoms with Crippen molar-refractivity contribution in [1.29, 1.82) is 0 Å². The van der Waals surface area contributed by atoms with Crippen LogP contribution in [0.15, 0.2) is 41.3 Å². The molecule has 13 heteroatoms. The molecule has 0 saturated carbocycles. The molecule has 0 radical (unpaired) electrons. The number of aliphatic hydroxyl groups excluding tert-OH is 1. The summed E-state index contributed by atoms with van der Waals surface area (Å²) in [5.74, 6) is 0. The molecule has 0 bridgehead atoms. The van der Waals surface area contributed by atoms with Crippen molar-refractivity contribution in [2.75, 3.05) is 18.0 Å². The fraction of sp³-hybridized carbons (Fsp3) is 0.368. The van der Waals surface area contributed by atoms with Gasteiger partial charge in [-0.2, -0.15) is 24.2 Å². The molecule has 0 aromatic heterocycles. The van der Waals surface area contributed by atoms with Gasteiger partial charge in [-0.25, -0.2) is 24.4 Å². The van der Waals surface area contributed by atoms with E-state index in [1.165, 1.54) is 6.07 Å². The van der Waals surface area contributed by atoms with Crippen LogP contribution in [0.3, 0.4) is 0 Å². The van der Waals surface area contributed by atoms with E-state index in [2.05, 4.69) is 26.8 Å². The Balaban J connectivity index is 1.82. The number of halogens is 3. The maximum atomic E-state index is 13.7. The van der Waals surface area contributed by atoms with Gasteiger partial charge in [0.1, 0.15) is 11.1 Å². The smallest absolute Gasteiger partial charge is 0.393 e. The summed E-state index contributed by atoms with van der Waals surface area (Å²) >= 11 is 0. The van der Waals surface area contributed by atoms with Crippen LogP contribution >= 0.6 is 0 Å². The number of piperidine rings is 1. The lowest BCUT2D eigenvalue weighted by Gasteiger charge is -2.31. The van der Waals surface area contributed by atoms with E-state index in [9.17, 15) is 26.7 Å². The second kappa shape index (κ2) is 8.59. The van der Waals surface area contributed by atoms with E-state index in [1.807, 2.05) is 12.1 Å². The fourth-order valence-corrected chi connectivity index (χ4v) is 5.07. The summed E-state index contributed by atoms with van der Waals surface area (Å²) in [6, 6.07) is 9.04. The lowest BCUT2D eigenvalue weighted by molar-refractivity contribution is -0.140. The van der Waals surface area contributed by atoms with Crippen molar-refractivity contribution in [1.82, 2.24) is 21.9 Å². The number of aliphatic hydroxyl groups is 1. The van der Waals surface area contributed by atoms with Gasteiger partial charge in [0, 0.05) is 24.3 Å². The monoisotopic (exact) mass is 472 g/mol. The van der Waals surface area contributed by atoms with Gasteiger partial charge in [-0.15, -0.1) is 0 Å². The number of primary sulfonamides is 1. The lowest BCUT2D eigenvalue weighted by atomic mass is 9.95. The van der Waals surface area contributed by atoms with Gasteiger partial charge in [-0.05, 0) is 42.2 Å². The Kier molecular flexibility index (Phi) is 6.15. The van der Waals surface area contributed by atoms with E-state index in [-0.39, 0.29) is 17.2 Å². The van der Waals surface area contributed by atoms with E-state index in [4.69, 9.17) is 5.14 Å². The molecule has 2 heterocycles. The molecule has 2 aromatic rings. The van der Waals surface area contributed by atoms with Crippen molar-refractivity contribution < 1.29 is 26.7 Å². The molecule has 2 aliphatic heterocycles. The molecule has 0 unspecified atom stereocenters. The zero-order valence-corrected chi connectivity index (χ0v) is 17.6. The largest absolute Gasteiger partial charge is 0.417 e. The second-order valence-corrected chi connectivity index (χ2v) is 9.18. The average molecular weight is 472 g/mol. The first-order valence-electron chi connectivity index (χ1n) is 9.87. The first kappa shape index (κ1) is 22.9. The van der Waals surface area contributed by atoms with Crippen molar-refractivity contribution in [3.05, 3.63) is 47.5 Å². The third kappa shape index (κ3) is 4.59. The summed E-state index contributed by atoms with van der Waals surface area (Å²) in [6.45, 7) is 1.38. The van der Waals surface area contributed by atoms with E-state index in [0.717, 1.165) is 11.8 Å². The van der Waals surface area contributed by atoms with Crippen LogP contribution in [0.1, 0.15) is 30.1 Å². The highest BCUT2D eigenvalue weighted by Crippen LogP contribution is 2.41. The molecule has 0 spiro atoms. The molecule has 32 heavy (non-hydrogen) atoms. The lowest BCUT2D eigenvalue weighted by Crippen LogP contribution is -2.35. The Morgan fingerprint density at radius 2 is 1.59 bits per heavy atom. The summed E-state index contributed by atoms with van der Waals surface area (Å²) in [7, 11) is -4.73. The first-order chi connectivity index (χ1) is 15.1. The van der Waals surface area contributed by atoms with Gasteiger partial charge in [-0.3, -0.25) is 0 Å². The molecule has 0 aliphatic carbocycles.